The average Bonchev–Trinajstić information content (AvgIpc) is 4.12. The van der Waals surface area contributed by atoms with Crippen LogP contribution in [0.1, 0.15) is 0 Å². The molecule has 0 unspecified atom stereocenters. The van der Waals surface area contributed by atoms with Crippen LogP contribution in [0.2, 0.25) is 0 Å². The molecule has 13 rings (SSSR count). The number of aromatic amines is 2. The van der Waals surface area contributed by atoms with Crippen molar-refractivity contribution in [2.75, 3.05) is 0 Å². The summed E-state index contributed by atoms with van der Waals surface area (Å²) < 4.78 is 5.83. The fraction of sp³-hybridized carbons (Fsp3) is 0. The van der Waals surface area contributed by atoms with E-state index in [0.717, 1.165) is 88.6 Å². The number of aromatic nitrogens is 4. The molecule has 0 saturated heterocycles. The molecule has 0 saturated carbocycles. The zero-order chi connectivity index (χ0) is 43.2. The number of nitrogens with zero attached hydrogens (tertiary/aromatic N) is 2. The van der Waals surface area contributed by atoms with Crippen molar-refractivity contribution < 1.29 is 16.1 Å². The van der Waals surface area contributed by atoms with Gasteiger partial charge in [-0.3, -0.25) is 0 Å². The third kappa shape index (κ3) is 6.74. The molecule has 5 heteroatoms. The summed E-state index contributed by atoms with van der Waals surface area (Å²) in [5, 5.41) is 4.66. The molecule has 0 fully saturated rings. The van der Waals surface area contributed by atoms with Crippen molar-refractivity contribution in [1.29, 1.82) is 0 Å². The summed E-state index contributed by atoms with van der Waals surface area (Å²) in [6, 6.07) is 87.0. The fourth-order valence-electron chi connectivity index (χ4n) is 9.14. The van der Waals surface area contributed by atoms with Crippen molar-refractivity contribution >= 4 is 59.4 Å². The molecule has 8 bridgehead atoms. The Bertz CT molecular complexity index is 3230. The van der Waals surface area contributed by atoms with Crippen molar-refractivity contribution in [2.45, 2.75) is 0 Å². The Kier molecular flexibility index (Phi) is 9.73. The summed E-state index contributed by atoms with van der Waals surface area (Å²) in [5.74, 6) is 0. The van der Waals surface area contributed by atoms with Gasteiger partial charge in [0.05, 0.1) is 22.8 Å². The first-order valence-corrected chi connectivity index (χ1v) is 26.3. The minimum Gasteiger partial charge on any atom is -0.354 e. The topological polar surface area (TPSA) is 57.4 Å². The third-order valence-corrected chi connectivity index (χ3v) is 23.0. The van der Waals surface area contributed by atoms with Crippen LogP contribution in [0.3, 0.4) is 0 Å². The summed E-state index contributed by atoms with van der Waals surface area (Å²) in [6.07, 6.45) is 0. The van der Waals surface area contributed by atoms with Crippen LogP contribution < -0.4 is 15.8 Å². The molecule has 0 spiro atoms. The van der Waals surface area contributed by atoms with Gasteiger partial charge in [-0.25, -0.2) is 9.97 Å². The standard InChI is InChI=1S/C36H22N4.4C6H5.Pt/c1-2-10-22-21(9-1)29-17-31-23-11-3-4-12-24(23)33(38-31)19-35-27-15-7-8-16-28(27)36(40-35)20-34-26-14-6-5-13-25(26)32(39-34)18-30(22)37-29;4*1-2-4-6-5-3-1;/h1-20,37,40H;4*1-5H;. The minimum atomic E-state index is -2.89. The molecule has 0 radical (unpaired) electrons. The number of H-pyrrole nitrogens is 2. The summed E-state index contributed by atoms with van der Waals surface area (Å²) in [4.78, 5) is 17.8. The Hall–Kier alpha value is -7.91. The van der Waals surface area contributed by atoms with Gasteiger partial charge in [-0.1, -0.05) is 97.1 Å². The molecule has 312 valence electrons. The van der Waals surface area contributed by atoms with E-state index in [1.807, 2.05) is 0 Å². The van der Waals surface area contributed by atoms with E-state index in [2.05, 4.69) is 253 Å². The van der Waals surface area contributed by atoms with E-state index in [9.17, 15) is 0 Å². The SMILES string of the molecule is c1cc[c]([Pt]([c]2ccccc2)([c]2ccccc2)[c]2ccccc2)cc1.c1ccc2c(c1)-c1cc3[nH]c(cc4nc(cc5[nH]c(cc-2n1)c1ccccc51)-c1ccccc1-4)c1ccccc31. The smallest absolute Gasteiger partial charge is 0.0737 e. The maximum absolute atomic E-state index is 5.17. The van der Waals surface area contributed by atoms with E-state index in [1.165, 1.54) is 15.8 Å². The van der Waals surface area contributed by atoms with Crippen LogP contribution in [0.25, 0.3) is 88.6 Å². The monoisotopic (exact) mass is 1010 g/mol. The molecule has 11 aromatic rings. The zero-order valence-electron chi connectivity index (χ0n) is 35.3. The molecule has 3 aromatic heterocycles. The van der Waals surface area contributed by atoms with Gasteiger partial charge in [-0.15, -0.1) is 0 Å². The second-order valence-electron chi connectivity index (χ2n) is 15.9. The Morgan fingerprint density at radius 2 is 0.462 bits per heavy atom. The number of hydrogen-bond donors (Lipinski definition) is 2. The van der Waals surface area contributed by atoms with Crippen molar-refractivity contribution in [3.63, 3.8) is 0 Å². The summed E-state index contributed by atoms with van der Waals surface area (Å²) in [7, 11) is 0. The van der Waals surface area contributed by atoms with Crippen LogP contribution in [0, 0.1) is 0 Å². The van der Waals surface area contributed by atoms with Gasteiger partial charge >= 0.3 is 153 Å². The Labute approximate surface area is 380 Å². The normalized spacial score (nSPS) is 11.9. The molecular formula is C60H42N4Pt. The molecule has 5 heterocycles. The van der Waals surface area contributed by atoms with Crippen molar-refractivity contribution in [2.24, 2.45) is 0 Å². The molecule has 0 amide bonds. The predicted molar refractivity (Wildman–Crippen MR) is 269 cm³/mol. The molecule has 4 nitrogen and oxygen atoms in total. The number of hydrogen-bond acceptors (Lipinski definition) is 2. The molecule has 2 aliphatic rings. The first-order valence-electron chi connectivity index (χ1n) is 21.8. The quantitative estimate of drug-likeness (QED) is 0.185. The van der Waals surface area contributed by atoms with E-state index in [-0.39, 0.29) is 0 Å². The van der Waals surface area contributed by atoms with Crippen LogP contribution in [-0.2, 0) is 16.1 Å². The number of fused-ring (bicyclic) bond motifs is 20. The van der Waals surface area contributed by atoms with Gasteiger partial charge in [0.1, 0.15) is 0 Å². The summed E-state index contributed by atoms with van der Waals surface area (Å²) in [5.41, 5.74) is 12.5. The van der Waals surface area contributed by atoms with Gasteiger partial charge in [-0.2, -0.15) is 0 Å². The summed E-state index contributed by atoms with van der Waals surface area (Å²) in [6.45, 7) is 0. The number of rotatable bonds is 4. The van der Waals surface area contributed by atoms with E-state index < -0.39 is 16.1 Å². The van der Waals surface area contributed by atoms with Crippen molar-refractivity contribution in [3.05, 3.63) is 243 Å². The third-order valence-electron chi connectivity index (χ3n) is 12.1. The Morgan fingerprint density at radius 1 is 0.246 bits per heavy atom. The summed E-state index contributed by atoms with van der Waals surface area (Å²) >= 11 is -2.89. The van der Waals surface area contributed by atoms with Gasteiger partial charge < -0.3 is 9.97 Å². The van der Waals surface area contributed by atoms with Crippen molar-refractivity contribution in [3.8, 4) is 45.0 Å². The van der Waals surface area contributed by atoms with Crippen molar-refractivity contribution in [1.82, 2.24) is 19.9 Å². The Morgan fingerprint density at radius 3 is 0.708 bits per heavy atom. The van der Waals surface area contributed by atoms with Crippen LogP contribution in [0.4, 0.5) is 0 Å². The number of nitrogens with one attached hydrogen (secondary N) is 2. The fourth-order valence-corrected chi connectivity index (χ4v) is 20.0. The van der Waals surface area contributed by atoms with Gasteiger partial charge in [0.25, 0.3) is 0 Å². The first-order chi connectivity index (χ1) is 32.2. The van der Waals surface area contributed by atoms with Gasteiger partial charge in [0.15, 0.2) is 0 Å². The van der Waals surface area contributed by atoms with Crippen LogP contribution in [0.5, 0.6) is 0 Å². The largest absolute Gasteiger partial charge is 0.354 e. The van der Waals surface area contributed by atoms with Crippen LogP contribution >= 0.6 is 0 Å². The molecule has 0 aliphatic carbocycles. The van der Waals surface area contributed by atoms with E-state index in [0.29, 0.717) is 0 Å². The molecular weight excluding hydrogens is 972 g/mol. The first kappa shape index (κ1) is 38.7. The minimum absolute atomic E-state index is 0.953. The predicted octanol–water partition coefficient (Wildman–Crippen LogP) is 12.7. The van der Waals surface area contributed by atoms with E-state index >= 15 is 0 Å². The van der Waals surface area contributed by atoms with Gasteiger partial charge in [0.2, 0.25) is 0 Å². The second-order valence-corrected chi connectivity index (χ2v) is 24.6. The maximum Gasteiger partial charge on any atom is 0.0737 e. The number of benzene rings is 8. The molecule has 2 aliphatic heterocycles. The molecule has 65 heavy (non-hydrogen) atoms. The van der Waals surface area contributed by atoms with E-state index in [1.54, 1.807) is 0 Å². The average molecular weight is 1010 g/mol. The maximum atomic E-state index is 5.17. The van der Waals surface area contributed by atoms with Gasteiger partial charge in [0, 0.05) is 65.9 Å². The molecule has 0 atom stereocenters. The van der Waals surface area contributed by atoms with Gasteiger partial charge in [-0.05, 0) is 24.3 Å². The molecule has 8 aromatic carbocycles. The van der Waals surface area contributed by atoms with Crippen LogP contribution in [-0.4, -0.2) is 19.9 Å². The zero-order valence-corrected chi connectivity index (χ0v) is 37.6. The second kappa shape index (κ2) is 16.3. The Balaban J connectivity index is 0.000000153. The van der Waals surface area contributed by atoms with Crippen LogP contribution in [0.15, 0.2) is 243 Å². The molecule has 2 N–H and O–H groups in total. The van der Waals surface area contributed by atoms with E-state index in [4.69, 9.17) is 9.97 Å².